The highest BCUT2D eigenvalue weighted by molar-refractivity contribution is 7.94. The molecule has 0 fully saturated rings. The molecule has 3 rings (SSSR count). The van der Waals surface area contributed by atoms with E-state index >= 15 is 0 Å². The van der Waals surface area contributed by atoms with Crippen molar-refractivity contribution in [3.8, 4) is 0 Å². The van der Waals surface area contributed by atoms with Gasteiger partial charge in [-0.2, -0.15) is 0 Å². The summed E-state index contributed by atoms with van der Waals surface area (Å²) in [5, 5.41) is 4.42. The van der Waals surface area contributed by atoms with Crippen LogP contribution in [0.5, 0.6) is 0 Å². The van der Waals surface area contributed by atoms with Crippen LogP contribution in [0.25, 0.3) is 0 Å². The molecule has 0 spiro atoms. The molecule has 0 unspecified atom stereocenters. The number of esters is 1. The van der Waals surface area contributed by atoms with Crippen molar-refractivity contribution in [2.24, 2.45) is 0 Å². The van der Waals surface area contributed by atoms with Gasteiger partial charge in [-0.25, -0.2) is 13.2 Å². The quantitative estimate of drug-likeness (QED) is 0.556. The zero-order valence-corrected chi connectivity index (χ0v) is 18.0. The molecule has 30 heavy (non-hydrogen) atoms. The van der Waals surface area contributed by atoms with Crippen molar-refractivity contribution < 1.29 is 22.7 Å². The number of amides is 1. The fourth-order valence-corrected chi connectivity index (χ4v) is 5.00. The summed E-state index contributed by atoms with van der Waals surface area (Å²) in [4.78, 5) is 24.4. The van der Waals surface area contributed by atoms with Gasteiger partial charge in [-0.15, -0.1) is 11.3 Å². The Bertz CT molecular complexity index is 1140. The Morgan fingerprint density at radius 3 is 2.40 bits per heavy atom. The molecule has 1 heterocycles. The van der Waals surface area contributed by atoms with E-state index in [-0.39, 0.29) is 16.7 Å². The summed E-state index contributed by atoms with van der Waals surface area (Å²) in [7, 11) is -2.18. The molecule has 1 aromatic heterocycles. The van der Waals surface area contributed by atoms with Crippen LogP contribution in [0.2, 0.25) is 0 Å². The minimum atomic E-state index is -3.64. The SMILES string of the molecule is CCOC(=O)c1cccc(NC(=O)c2ccc(N(C)S(=O)(=O)c3cccs3)cc2)c1. The molecule has 0 bridgehead atoms. The third kappa shape index (κ3) is 4.69. The number of sulfonamides is 1. The average molecular weight is 445 g/mol. The van der Waals surface area contributed by atoms with Gasteiger partial charge in [0, 0.05) is 18.3 Å². The normalized spacial score (nSPS) is 11.0. The van der Waals surface area contributed by atoms with Crippen molar-refractivity contribution in [2.75, 3.05) is 23.3 Å². The number of ether oxygens (including phenoxy) is 1. The predicted octanol–water partition coefficient (Wildman–Crippen LogP) is 4.00. The third-order valence-corrected chi connectivity index (χ3v) is 7.39. The topological polar surface area (TPSA) is 92.8 Å². The number of hydrogen-bond acceptors (Lipinski definition) is 6. The van der Waals surface area contributed by atoms with E-state index in [2.05, 4.69) is 5.32 Å². The number of nitrogens with zero attached hydrogens (tertiary/aromatic N) is 1. The van der Waals surface area contributed by atoms with E-state index < -0.39 is 16.0 Å². The van der Waals surface area contributed by atoms with Gasteiger partial charge >= 0.3 is 5.97 Å². The number of benzene rings is 2. The van der Waals surface area contributed by atoms with Gasteiger partial charge in [-0.1, -0.05) is 12.1 Å². The highest BCUT2D eigenvalue weighted by Crippen LogP contribution is 2.25. The van der Waals surface area contributed by atoms with Gasteiger partial charge in [0.2, 0.25) is 0 Å². The fraction of sp³-hybridized carbons (Fsp3) is 0.143. The number of carbonyl (C=O) groups excluding carboxylic acids is 2. The molecule has 3 aromatic rings. The van der Waals surface area contributed by atoms with Crippen LogP contribution in [0.3, 0.4) is 0 Å². The molecule has 1 amide bonds. The smallest absolute Gasteiger partial charge is 0.338 e. The molecular weight excluding hydrogens is 424 g/mol. The molecule has 0 atom stereocenters. The lowest BCUT2D eigenvalue weighted by Crippen LogP contribution is -2.25. The van der Waals surface area contributed by atoms with Crippen molar-refractivity contribution in [3.63, 3.8) is 0 Å². The number of hydrogen-bond donors (Lipinski definition) is 1. The van der Waals surface area contributed by atoms with Crippen LogP contribution >= 0.6 is 11.3 Å². The largest absolute Gasteiger partial charge is 0.462 e. The van der Waals surface area contributed by atoms with Gasteiger partial charge in [0.25, 0.3) is 15.9 Å². The lowest BCUT2D eigenvalue weighted by molar-refractivity contribution is 0.0526. The Kier molecular flexibility index (Phi) is 6.53. The Labute approximate surface area is 179 Å². The highest BCUT2D eigenvalue weighted by Gasteiger charge is 2.22. The van der Waals surface area contributed by atoms with Gasteiger partial charge in [-0.3, -0.25) is 9.10 Å². The second-order valence-corrected chi connectivity index (χ2v) is 9.35. The van der Waals surface area contributed by atoms with E-state index in [1.54, 1.807) is 66.9 Å². The molecule has 7 nitrogen and oxygen atoms in total. The van der Waals surface area contributed by atoms with Crippen LogP contribution in [0.15, 0.2) is 70.3 Å². The molecule has 0 saturated heterocycles. The zero-order chi connectivity index (χ0) is 21.7. The van der Waals surface area contributed by atoms with E-state index in [1.165, 1.54) is 17.4 Å². The van der Waals surface area contributed by atoms with Crippen molar-refractivity contribution in [3.05, 3.63) is 77.2 Å². The first kappa shape index (κ1) is 21.5. The van der Waals surface area contributed by atoms with Gasteiger partial charge in [0.05, 0.1) is 17.9 Å². The van der Waals surface area contributed by atoms with E-state index in [0.29, 0.717) is 22.5 Å². The monoisotopic (exact) mass is 444 g/mol. The first-order valence-electron chi connectivity index (χ1n) is 9.04. The predicted molar refractivity (Wildman–Crippen MR) is 117 cm³/mol. The fourth-order valence-electron chi connectivity index (χ4n) is 2.65. The van der Waals surface area contributed by atoms with Crippen LogP contribution < -0.4 is 9.62 Å². The van der Waals surface area contributed by atoms with Crippen molar-refractivity contribution in [2.45, 2.75) is 11.1 Å². The Balaban J connectivity index is 1.73. The number of nitrogens with one attached hydrogen (secondary N) is 1. The average Bonchev–Trinajstić information content (AvgIpc) is 3.29. The molecule has 0 aliphatic carbocycles. The van der Waals surface area contributed by atoms with Gasteiger partial charge in [0.15, 0.2) is 0 Å². The van der Waals surface area contributed by atoms with E-state index in [0.717, 1.165) is 11.3 Å². The zero-order valence-electron chi connectivity index (χ0n) is 16.4. The Morgan fingerprint density at radius 2 is 1.77 bits per heavy atom. The minimum absolute atomic E-state index is 0.244. The number of anilines is 2. The Hall–Kier alpha value is -3.17. The summed E-state index contributed by atoms with van der Waals surface area (Å²) in [5.41, 5.74) is 1.57. The summed E-state index contributed by atoms with van der Waals surface area (Å²) in [5.74, 6) is -0.848. The van der Waals surface area contributed by atoms with Gasteiger partial charge in [0.1, 0.15) is 4.21 Å². The first-order valence-corrected chi connectivity index (χ1v) is 11.4. The molecular formula is C21H20N2O5S2. The summed E-state index contributed by atoms with van der Waals surface area (Å²) < 4.78 is 31.6. The van der Waals surface area contributed by atoms with Crippen LogP contribution in [-0.2, 0) is 14.8 Å². The van der Waals surface area contributed by atoms with Gasteiger partial charge < -0.3 is 10.1 Å². The van der Waals surface area contributed by atoms with Crippen molar-refractivity contribution in [1.82, 2.24) is 0 Å². The summed E-state index contributed by atoms with van der Waals surface area (Å²) >= 11 is 1.14. The molecule has 9 heteroatoms. The summed E-state index contributed by atoms with van der Waals surface area (Å²) in [6, 6.07) is 15.9. The molecule has 2 aromatic carbocycles. The second-order valence-electron chi connectivity index (χ2n) is 6.21. The molecule has 0 saturated carbocycles. The van der Waals surface area contributed by atoms with Gasteiger partial charge in [-0.05, 0) is 60.8 Å². The van der Waals surface area contributed by atoms with Crippen LogP contribution in [-0.4, -0.2) is 33.9 Å². The molecule has 1 N–H and O–H groups in total. The molecule has 156 valence electrons. The molecule has 0 aliphatic heterocycles. The number of rotatable bonds is 7. The molecule has 0 aliphatic rings. The second kappa shape index (κ2) is 9.10. The standard InChI is InChI=1S/C21H20N2O5S2/c1-3-28-21(25)16-6-4-7-17(14-16)22-20(24)15-9-11-18(12-10-15)23(2)30(26,27)19-8-5-13-29-19/h4-14H,3H2,1-2H3,(H,22,24). The third-order valence-electron chi connectivity index (χ3n) is 4.23. The van der Waals surface area contributed by atoms with Crippen LogP contribution in [0.4, 0.5) is 11.4 Å². The van der Waals surface area contributed by atoms with E-state index in [4.69, 9.17) is 4.74 Å². The highest BCUT2D eigenvalue weighted by atomic mass is 32.2. The maximum Gasteiger partial charge on any atom is 0.338 e. The maximum absolute atomic E-state index is 12.6. The summed E-state index contributed by atoms with van der Waals surface area (Å²) in [6.07, 6.45) is 0. The lowest BCUT2D eigenvalue weighted by atomic mass is 10.1. The van der Waals surface area contributed by atoms with Crippen molar-refractivity contribution in [1.29, 1.82) is 0 Å². The number of carbonyl (C=O) groups is 2. The summed E-state index contributed by atoms with van der Waals surface area (Å²) in [6.45, 7) is 1.98. The Morgan fingerprint density at radius 1 is 1.03 bits per heavy atom. The van der Waals surface area contributed by atoms with E-state index in [1.807, 2.05) is 0 Å². The molecule has 0 radical (unpaired) electrons. The van der Waals surface area contributed by atoms with Crippen LogP contribution in [0, 0.1) is 0 Å². The number of thiophene rings is 1. The van der Waals surface area contributed by atoms with E-state index in [9.17, 15) is 18.0 Å². The van der Waals surface area contributed by atoms with Crippen molar-refractivity contribution >= 4 is 44.6 Å². The maximum atomic E-state index is 12.6. The minimum Gasteiger partial charge on any atom is -0.462 e. The first-order chi connectivity index (χ1) is 14.3. The van der Waals surface area contributed by atoms with Crippen LogP contribution in [0.1, 0.15) is 27.6 Å². The lowest BCUT2D eigenvalue weighted by Gasteiger charge is -2.18.